The molecule has 3 aliphatic rings. The minimum atomic E-state index is -6.40. The van der Waals surface area contributed by atoms with Crippen molar-refractivity contribution in [3.63, 3.8) is 0 Å². The van der Waals surface area contributed by atoms with E-state index in [1.807, 2.05) is 0 Å². The van der Waals surface area contributed by atoms with Crippen LogP contribution in [0, 0.1) is 11.2 Å². The van der Waals surface area contributed by atoms with Gasteiger partial charge in [-0.2, -0.15) is 26.3 Å². The van der Waals surface area contributed by atoms with Crippen molar-refractivity contribution in [3.05, 3.63) is 65.0 Å². The number of likely N-dealkylation sites (tertiary alicyclic amines) is 1. The predicted molar refractivity (Wildman–Crippen MR) is 136 cm³/mol. The van der Waals surface area contributed by atoms with E-state index in [2.05, 4.69) is 0 Å². The Bertz CT molecular complexity index is 1560. The van der Waals surface area contributed by atoms with Gasteiger partial charge in [0.25, 0.3) is 0 Å². The number of carbonyl (C=O) groups excluding carboxylic acids is 1. The van der Waals surface area contributed by atoms with Crippen LogP contribution in [0.25, 0.3) is 0 Å². The van der Waals surface area contributed by atoms with Gasteiger partial charge in [-0.1, -0.05) is 18.2 Å². The summed E-state index contributed by atoms with van der Waals surface area (Å²) >= 11 is 0. The van der Waals surface area contributed by atoms with Crippen molar-refractivity contribution in [2.45, 2.75) is 59.9 Å². The second-order valence-electron chi connectivity index (χ2n) is 11.3. The van der Waals surface area contributed by atoms with Gasteiger partial charge >= 0.3 is 26.2 Å². The molecule has 0 saturated carbocycles. The fraction of sp³-hybridized carbons (Fsp3) is 0.500. The molecule has 44 heavy (non-hydrogen) atoms. The van der Waals surface area contributed by atoms with Crippen LogP contribution in [0.15, 0.2) is 47.4 Å². The number of benzene rings is 2. The Balaban J connectivity index is 1.66. The number of amides is 1. The number of nitrogens with zero attached hydrogens (tertiary/aromatic N) is 1. The van der Waals surface area contributed by atoms with Crippen LogP contribution in [0.5, 0.6) is 0 Å². The van der Waals surface area contributed by atoms with E-state index in [4.69, 9.17) is 9.05 Å². The molecule has 5 rings (SSSR count). The van der Waals surface area contributed by atoms with Gasteiger partial charge in [0.1, 0.15) is 10.6 Å². The average Bonchev–Trinajstić information content (AvgIpc) is 3.34. The first-order chi connectivity index (χ1) is 20.1. The van der Waals surface area contributed by atoms with Gasteiger partial charge in [-0.3, -0.25) is 13.8 Å². The molecule has 2 N–H and O–H groups in total. The van der Waals surface area contributed by atoms with Gasteiger partial charge in [0.15, 0.2) is 9.84 Å². The molecule has 2 aliphatic heterocycles. The average molecular weight is 679 g/mol. The van der Waals surface area contributed by atoms with E-state index in [-0.39, 0.29) is 43.0 Å². The summed E-state index contributed by atoms with van der Waals surface area (Å²) in [7, 11) is -8.84. The summed E-state index contributed by atoms with van der Waals surface area (Å²) in [6, 6.07) is 3.67. The topological polar surface area (TPSA) is 113 Å². The molecule has 8 nitrogen and oxygen atoms in total. The van der Waals surface area contributed by atoms with Crippen molar-refractivity contribution in [2.75, 3.05) is 19.8 Å². The molecule has 2 aromatic rings. The summed E-state index contributed by atoms with van der Waals surface area (Å²) in [5.41, 5.74) is -9.57. The third-order valence-electron chi connectivity index (χ3n) is 8.55. The van der Waals surface area contributed by atoms with E-state index < -0.39 is 87.6 Å². The zero-order valence-corrected chi connectivity index (χ0v) is 24.3. The Morgan fingerprint density at radius 2 is 1.55 bits per heavy atom. The van der Waals surface area contributed by atoms with Crippen LogP contribution in [0.4, 0.5) is 35.1 Å². The second-order valence-corrected chi connectivity index (χ2v) is 15.0. The summed E-state index contributed by atoms with van der Waals surface area (Å²) in [6.45, 7) is 0.0977. The van der Waals surface area contributed by atoms with E-state index in [0.717, 1.165) is 24.3 Å². The Morgan fingerprint density at radius 3 is 2.09 bits per heavy atom. The molecule has 2 saturated heterocycles. The zero-order valence-electron chi connectivity index (χ0n) is 22.6. The first kappa shape index (κ1) is 32.9. The lowest BCUT2D eigenvalue weighted by molar-refractivity contribution is -0.348. The van der Waals surface area contributed by atoms with E-state index >= 15 is 0 Å². The normalized spacial score (nSPS) is 25.3. The van der Waals surface area contributed by atoms with Gasteiger partial charge in [-0.25, -0.2) is 17.2 Å². The molecule has 243 valence electrons. The maximum Gasteiger partial charge on any atom is 0.435 e. The van der Waals surface area contributed by atoms with Crippen molar-refractivity contribution in [1.82, 2.24) is 4.90 Å². The van der Waals surface area contributed by atoms with Gasteiger partial charge in [0.2, 0.25) is 5.91 Å². The first-order valence-electron chi connectivity index (χ1n) is 13.0. The highest BCUT2D eigenvalue weighted by Crippen LogP contribution is 2.59. The molecule has 1 amide bonds. The molecule has 18 heteroatoms. The molecule has 0 spiro atoms. The van der Waals surface area contributed by atoms with Crippen LogP contribution in [-0.4, -0.2) is 67.2 Å². The Morgan fingerprint density at radius 1 is 0.977 bits per heavy atom. The number of aryl methyl sites for hydroxylation is 1. The number of alkyl halides is 7. The first-order valence-corrected chi connectivity index (χ1v) is 16.0. The maximum atomic E-state index is 15.0. The molecular formula is C26H25F8NO7PS. The Kier molecular flexibility index (Phi) is 7.71. The quantitative estimate of drug-likeness (QED) is 0.265. The van der Waals surface area contributed by atoms with Crippen LogP contribution in [-0.2, 0) is 40.5 Å². The van der Waals surface area contributed by atoms with Crippen LogP contribution in [0.3, 0.4) is 0 Å². The van der Waals surface area contributed by atoms with E-state index in [0.29, 0.717) is 12.1 Å². The highest BCUT2D eigenvalue weighted by atomic mass is 32.2. The second kappa shape index (κ2) is 10.3. The standard InChI is InChI=1S/C26H25F8NO7PS/c1-22(13-41-43(37,38)42-14-22)21(36)35-11-10-23(44(39,40)18-6-4-17(27)5-7-18)19-8-3-16(12-15(19)2-9-20(23)35)24(28,25(29,30)31)26(32,33)34/h3-8,12,20,37-38H,2,9-11,13-14H2,1H3/t20-,23-/m1/s1. The fourth-order valence-electron chi connectivity index (χ4n) is 6.30. The summed E-state index contributed by atoms with van der Waals surface area (Å²) in [5, 5.41) is 0. The van der Waals surface area contributed by atoms with Crippen LogP contribution >= 0.6 is 8.17 Å². The number of carbonyl (C=O) groups is 1. The monoisotopic (exact) mass is 678 g/mol. The number of hydrogen-bond acceptors (Lipinski definition) is 7. The predicted octanol–water partition coefficient (Wildman–Crippen LogP) is 5.05. The number of sulfone groups is 1. The SMILES string of the molecule is CC1(C(=O)N2CC[C@@]3(S(=O)(=O)c4ccc(F)cc4)c4ccc(C(F)(C(F)(F)F)C(F)(F)F)cc4CC[C@@H]23)CO[P](O)(O)OC1. The van der Waals surface area contributed by atoms with Crippen molar-refractivity contribution >= 4 is 23.9 Å². The molecule has 2 fully saturated rings. The summed E-state index contributed by atoms with van der Waals surface area (Å²) in [4.78, 5) is 33.9. The summed E-state index contributed by atoms with van der Waals surface area (Å²) in [5.74, 6) is -1.50. The number of hydrogen-bond donors (Lipinski definition) is 2. The molecule has 0 unspecified atom stereocenters. The molecule has 2 atom stereocenters. The molecule has 1 aliphatic carbocycles. The van der Waals surface area contributed by atoms with Crippen LogP contribution in [0.1, 0.15) is 36.5 Å². The highest BCUT2D eigenvalue weighted by Gasteiger charge is 2.74. The Hall–Kier alpha value is -2.43. The summed E-state index contributed by atoms with van der Waals surface area (Å²) in [6.07, 6.45) is -13.8. The van der Waals surface area contributed by atoms with Gasteiger partial charge in [-0.05, 0) is 61.6 Å². The van der Waals surface area contributed by atoms with E-state index in [1.165, 1.54) is 11.8 Å². The highest BCUT2D eigenvalue weighted by molar-refractivity contribution is 7.92. The number of halogens is 8. The van der Waals surface area contributed by atoms with Crippen molar-refractivity contribution in [1.29, 1.82) is 0 Å². The minimum absolute atomic E-state index is 0.221. The van der Waals surface area contributed by atoms with Gasteiger partial charge in [-0.15, -0.1) is 0 Å². The van der Waals surface area contributed by atoms with Gasteiger partial charge in [0, 0.05) is 12.1 Å². The minimum Gasteiger partial charge on any atom is -0.337 e. The van der Waals surface area contributed by atoms with E-state index in [9.17, 15) is 58.1 Å². The van der Waals surface area contributed by atoms with Crippen LogP contribution < -0.4 is 0 Å². The lowest BCUT2D eigenvalue weighted by Gasteiger charge is -2.45. The van der Waals surface area contributed by atoms with Crippen LogP contribution in [0.2, 0.25) is 0 Å². The number of fused-ring (bicyclic) bond motifs is 3. The third-order valence-corrected chi connectivity index (χ3v) is 12.0. The molecular weight excluding hydrogens is 653 g/mol. The molecule has 2 heterocycles. The van der Waals surface area contributed by atoms with Crippen molar-refractivity contribution < 1.29 is 67.2 Å². The van der Waals surface area contributed by atoms with E-state index in [1.54, 1.807) is 0 Å². The third kappa shape index (κ3) is 4.81. The lowest BCUT2D eigenvalue weighted by atomic mass is 9.76. The van der Waals surface area contributed by atoms with Gasteiger partial charge in [0.05, 0.1) is 29.6 Å². The van der Waals surface area contributed by atoms with Crippen molar-refractivity contribution in [3.8, 4) is 0 Å². The fourth-order valence-corrected chi connectivity index (χ4v) is 9.65. The molecule has 1 radical (unpaired) electrons. The van der Waals surface area contributed by atoms with Gasteiger partial charge < -0.3 is 14.7 Å². The number of rotatable bonds is 4. The maximum absolute atomic E-state index is 15.0. The van der Waals surface area contributed by atoms with Crippen molar-refractivity contribution in [2.24, 2.45) is 5.41 Å². The largest absolute Gasteiger partial charge is 0.435 e. The smallest absolute Gasteiger partial charge is 0.337 e. The Labute approximate surface area is 246 Å². The summed E-state index contributed by atoms with van der Waals surface area (Å²) < 4.78 is 146. The lowest BCUT2D eigenvalue weighted by Crippen LogP contribution is -2.56. The molecule has 0 bridgehead atoms. The molecule has 2 aromatic carbocycles. The molecule has 0 aromatic heterocycles. The zero-order chi connectivity index (χ0) is 32.7.